The Morgan fingerprint density at radius 3 is 2.50 bits per heavy atom. The number of carbonyl (C=O) groups excluding carboxylic acids is 2. The van der Waals surface area contributed by atoms with Crippen LogP contribution >= 0.6 is 0 Å². The van der Waals surface area contributed by atoms with Crippen LogP contribution in [-0.4, -0.2) is 23.8 Å². The lowest BCUT2D eigenvalue weighted by Gasteiger charge is -2.17. The summed E-state index contributed by atoms with van der Waals surface area (Å²) in [4.78, 5) is 31.3. The molecule has 0 saturated carbocycles. The molecule has 0 fully saturated rings. The molecule has 1 N–H and O–H groups in total. The van der Waals surface area contributed by atoms with Crippen LogP contribution in [0.3, 0.4) is 0 Å². The highest BCUT2D eigenvalue weighted by atomic mass is 16.2. The maximum Gasteiger partial charge on any atom is 0.274 e. The van der Waals surface area contributed by atoms with Crippen LogP contribution in [0.5, 0.6) is 0 Å². The second kappa shape index (κ2) is 8.48. The zero-order chi connectivity index (χ0) is 20.1. The number of hydrogen-bond acceptors (Lipinski definition) is 3. The number of nitrogens with zero attached hydrogens (tertiary/aromatic N) is 2. The van der Waals surface area contributed by atoms with Gasteiger partial charge in [0.1, 0.15) is 5.69 Å². The molecule has 5 nitrogen and oxygen atoms in total. The minimum Gasteiger partial charge on any atom is -0.320 e. The van der Waals surface area contributed by atoms with Gasteiger partial charge in [0.05, 0.1) is 0 Å². The number of aromatic nitrogens is 1. The molecule has 0 atom stereocenters. The zero-order valence-corrected chi connectivity index (χ0v) is 16.3. The SMILES string of the molecule is CCc1cccc(C)c1NC(=O)c1cc(C(=O)N(C)c2ccccc2)ccn1. The minimum atomic E-state index is -0.332. The molecule has 0 saturated heterocycles. The summed E-state index contributed by atoms with van der Waals surface area (Å²) in [6.45, 7) is 4.00. The third kappa shape index (κ3) is 4.09. The number of hydrogen-bond donors (Lipinski definition) is 1. The monoisotopic (exact) mass is 373 g/mol. The van der Waals surface area contributed by atoms with Crippen molar-refractivity contribution in [2.45, 2.75) is 20.3 Å². The Morgan fingerprint density at radius 2 is 1.79 bits per heavy atom. The normalized spacial score (nSPS) is 10.4. The highest BCUT2D eigenvalue weighted by Crippen LogP contribution is 2.22. The molecule has 0 aliphatic heterocycles. The lowest BCUT2D eigenvalue weighted by molar-refractivity contribution is 0.0993. The second-order valence-corrected chi connectivity index (χ2v) is 6.55. The molecule has 2 amide bonds. The van der Waals surface area contributed by atoms with E-state index in [1.165, 1.54) is 12.3 Å². The summed E-state index contributed by atoms with van der Waals surface area (Å²) >= 11 is 0. The van der Waals surface area contributed by atoms with E-state index in [4.69, 9.17) is 0 Å². The van der Waals surface area contributed by atoms with Gasteiger partial charge in [-0.25, -0.2) is 0 Å². The Labute approximate surface area is 165 Å². The molecule has 0 bridgehead atoms. The zero-order valence-electron chi connectivity index (χ0n) is 16.3. The van der Waals surface area contributed by atoms with E-state index in [0.717, 1.165) is 28.9 Å². The first kappa shape index (κ1) is 19.3. The smallest absolute Gasteiger partial charge is 0.274 e. The fourth-order valence-electron chi connectivity index (χ4n) is 3.03. The molecule has 142 valence electrons. The van der Waals surface area contributed by atoms with Crippen molar-refractivity contribution >= 4 is 23.2 Å². The van der Waals surface area contributed by atoms with Crippen LogP contribution in [0.2, 0.25) is 0 Å². The van der Waals surface area contributed by atoms with Gasteiger partial charge in [0.25, 0.3) is 11.8 Å². The summed E-state index contributed by atoms with van der Waals surface area (Å²) in [5.74, 6) is -0.534. The van der Waals surface area contributed by atoms with Crippen LogP contribution in [0.15, 0.2) is 66.9 Å². The summed E-state index contributed by atoms with van der Waals surface area (Å²) in [6.07, 6.45) is 2.30. The van der Waals surface area contributed by atoms with E-state index in [1.54, 1.807) is 18.0 Å². The molecule has 1 heterocycles. The van der Waals surface area contributed by atoms with Crippen molar-refractivity contribution in [2.24, 2.45) is 0 Å². The summed E-state index contributed by atoms with van der Waals surface area (Å²) in [5.41, 5.74) is 4.25. The maximum atomic E-state index is 12.8. The van der Waals surface area contributed by atoms with Gasteiger partial charge in [0.2, 0.25) is 0 Å². The molecule has 3 aromatic rings. The number of amides is 2. The van der Waals surface area contributed by atoms with Crippen molar-refractivity contribution in [2.75, 3.05) is 17.3 Å². The quantitative estimate of drug-likeness (QED) is 0.717. The summed E-state index contributed by atoms with van der Waals surface area (Å²) < 4.78 is 0. The topological polar surface area (TPSA) is 62.3 Å². The van der Waals surface area contributed by atoms with Gasteiger partial charge in [-0.05, 0) is 48.7 Å². The predicted octanol–water partition coefficient (Wildman–Crippen LogP) is 4.48. The van der Waals surface area contributed by atoms with Gasteiger partial charge >= 0.3 is 0 Å². The van der Waals surface area contributed by atoms with Crippen molar-refractivity contribution in [3.63, 3.8) is 0 Å². The maximum absolute atomic E-state index is 12.8. The van der Waals surface area contributed by atoms with Crippen molar-refractivity contribution in [1.82, 2.24) is 4.98 Å². The molecule has 28 heavy (non-hydrogen) atoms. The van der Waals surface area contributed by atoms with Crippen LogP contribution in [0.1, 0.15) is 38.9 Å². The molecule has 0 unspecified atom stereocenters. The number of carbonyl (C=O) groups is 2. The second-order valence-electron chi connectivity index (χ2n) is 6.55. The molecule has 5 heteroatoms. The molecule has 3 rings (SSSR count). The van der Waals surface area contributed by atoms with Crippen LogP contribution in [0, 0.1) is 6.92 Å². The fraction of sp³-hybridized carbons (Fsp3) is 0.174. The first-order valence-electron chi connectivity index (χ1n) is 9.20. The van der Waals surface area contributed by atoms with Gasteiger partial charge in [-0.3, -0.25) is 14.6 Å². The van der Waals surface area contributed by atoms with Crippen LogP contribution in [0.4, 0.5) is 11.4 Å². The first-order valence-corrected chi connectivity index (χ1v) is 9.20. The van der Waals surface area contributed by atoms with E-state index in [2.05, 4.69) is 10.3 Å². The van der Waals surface area contributed by atoms with E-state index in [-0.39, 0.29) is 17.5 Å². The third-order valence-electron chi connectivity index (χ3n) is 4.67. The Kier molecular flexibility index (Phi) is 5.84. The molecule has 2 aromatic carbocycles. The predicted molar refractivity (Wildman–Crippen MR) is 112 cm³/mol. The Hall–Kier alpha value is -3.47. The highest BCUT2D eigenvalue weighted by molar-refractivity contribution is 6.08. The molecule has 1 aromatic heterocycles. The number of para-hydroxylation sites is 2. The lowest BCUT2D eigenvalue weighted by atomic mass is 10.1. The minimum absolute atomic E-state index is 0.201. The molecule has 0 aliphatic rings. The molecular weight excluding hydrogens is 350 g/mol. The molecular formula is C23H23N3O2. The van der Waals surface area contributed by atoms with Gasteiger partial charge in [-0.2, -0.15) is 0 Å². The fourth-order valence-corrected chi connectivity index (χ4v) is 3.03. The Bertz CT molecular complexity index is 1000. The van der Waals surface area contributed by atoms with Crippen LogP contribution in [-0.2, 0) is 6.42 Å². The van der Waals surface area contributed by atoms with E-state index in [1.807, 2.05) is 62.4 Å². The van der Waals surface area contributed by atoms with Crippen molar-refractivity contribution < 1.29 is 9.59 Å². The first-order chi connectivity index (χ1) is 13.5. The van der Waals surface area contributed by atoms with Gasteiger partial charge in [0, 0.05) is 30.2 Å². The Balaban J connectivity index is 1.83. The number of rotatable bonds is 5. The van der Waals surface area contributed by atoms with Gasteiger partial charge in [-0.1, -0.05) is 43.3 Å². The highest BCUT2D eigenvalue weighted by Gasteiger charge is 2.17. The average molecular weight is 373 g/mol. The van der Waals surface area contributed by atoms with Gasteiger partial charge < -0.3 is 10.2 Å². The van der Waals surface area contributed by atoms with Crippen molar-refractivity contribution in [3.8, 4) is 0 Å². The lowest BCUT2D eigenvalue weighted by Crippen LogP contribution is -2.26. The standard InChI is InChI=1S/C23H23N3O2/c1-4-17-10-8-9-16(2)21(17)25-22(27)20-15-18(13-14-24-20)23(28)26(3)19-11-6-5-7-12-19/h5-15H,4H2,1-3H3,(H,25,27). The number of anilines is 2. The van der Waals surface area contributed by atoms with Gasteiger partial charge in [-0.15, -0.1) is 0 Å². The van der Waals surface area contributed by atoms with Crippen LogP contribution < -0.4 is 10.2 Å². The summed E-state index contributed by atoms with van der Waals surface area (Å²) in [5, 5.41) is 2.95. The van der Waals surface area contributed by atoms with Crippen molar-refractivity contribution in [3.05, 3.63) is 89.2 Å². The molecule has 0 radical (unpaired) electrons. The van der Waals surface area contributed by atoms with Crippen LogP contribution in [0.25, 0.3) is 0 Å². The van der Waals surface area contributed by atoms with Crippen molar-refractivity contribution in [1.29, 1.82) is 0 Å². The average Bonchev–Trinajstić information content (AvgIpc) is 2.74. The largest absolute Gasteiger partial charge is 0.320 e. The summed E-state index contributed by atoms with van der Waals surface area (Å²) in [6, 6.07) is 18.4. The number of aryl methyl sites for hydroxylation is 2. The number of pyridine rings is 1. The van der Waals surface area contributed by atoms with E-state index in [9.17, 15) is 9.59 Å². The van der Waals surface area contributed by atoms with E-state index in [0.29, 0.717) is 5.56 Å². The Morgan fingerprint density at radius 1 is 1.04 bits per heavy atom. The number of benzene rings is 2. The van der Waals surface area contributed by atoms with Gasteiger partial charge in [0.15, 0.2) is 0 Å². The molecule has 0 aliphatic carbocycles. The summed E-state index contributed by atoms with van der Waals surface area (Å²) in [7, 11) is 1.71. The third-order valence-corrected chi connectivity index (χ3v) is 4.67. The molecule has 0 spiro atoms. The van der Waals surface area contributed by atoms with E-state index < -0.39 is 0 Å². The van der Waals surface area contributed by atoms with E-state index >= 15 is 0 Å². The number of nitrogens with one attached hydrogen (secondary N) is 1.